The van der Waals surface area contributed by atoms with Gasteiger partial charge in [-0.05, 0) is 25.1 Å². The van der Waals surface area contributed by atoms with Crippen LogP contribution in [0.1, 0.15) is 20.3 Å². The van der Waals surface area contributed by atoms with Crippen LogP contribution in [-0.4, -0.2) is 19.3 Å². The molecule has 0 aromatic rings. The van der Waals surface area contributed by atoms with Crippen LogP contribution in [0.4, 0.5) is 0 Å². The van der Waals surface area contributed by atoms with Gasteiger partial charge in [0.2, 0.25) is 0 Å². The highest BCUT2D eigenvalue weighted by Gasteiger charge is 1.89. The molecule has 2 nitrogen and oxygen atoms in total. The summed E-state index contributed by atoms with van der Waals surface area (Å²) in [6, 6.07) is 0. The summed E-state index contributed by atoms with van der Waals surface area (Å²) in [5.74, 6) is 0.718. The molecule has 0 atom stereocenters. The second-order valence-electron chi connectivity index (χ2n) is 2.59. The van der Waals surface area contributed by atoms with Crippen LogP contribution in [-0.2, 0) is 0 Å². The van der Waals surface area contributed by atoms with E-state index in [-0.39, 0.29) is 0 Å². The van der Waals surface area contributed by atoms with Crippen LogP contribution in [0.25, 0.3) is 0 Å². The van der Waals surface area contributed by atoms with Crippen LogP contribution < -0.4 is 5.32 Å². The van der Waals surface area contributed by atoms with Gasteiger partial charge in [-0.25, -0.2) is 0 Å². The smallest absolute Gasteiger partial charge is 0.0000601 e. The van der Waals surface area contributed by atoms with Gasteiger partial charge in [-0.2, -0.15) is 0 Å². The molecule has 0 spiro atoms. The third-order valence-electron chi connectivity index (χ3n) is 1.02. The summed E-state index contributed by atoms with van der Waals surface area (Å²) in [7, 11) is 0. The van der Waals surface area contributed by atoms with Crippen molar-refractivity contribution >= 4 is 6.21 Å². The number of nitrogens with one attached hydrogen (secondary N) is 2. The van der Waals surface area contributed by atoms with E-state index in [0.29, 0.717) is 0 Å². The van der Waals surface area contributed by atoms with Gasteiger partial charge >= 0.3 is 0 Å². The third kappa shape index (κ3) is 7.63. The van der Waals surface area contributed by atoms with Gasteiger partial charge in [0.05, 0.1) is 0 Å². The second kappa shape index (κ2) is 5.76. The van der Waals surface area contributed by atoms with Crippen molar-refractivity contribution in [2.75, 3.05) is 13.1 Å². The Morgan fingerprint density at radius 2 is 2.22 bits per heavy atom. The maximum absolute atomic E-state index is 6.72. The lowest BCUT2D eigenvalue weighted by molar-refractivity contribution is 0.560. The van der Waals surface area contributed by atoms with Crippen molar-refractivity contribution in [2.45, 2.75) is 20.3 Å². The van der Waals surface area contributed by atoms with Crippen molar-refractivity contribution in [1.82, 2.24) is 5.32 Å². The van der Waals surface area contributed by atoms with E-state index >= 15 is 0 Å². The fourth-order valence-electron chi connectivity index (χ4n) is 0.565. The summed E-state index contributed by atoms with van der Waals surface area (Å²) in [5.41, 5.74) is 0. The predicted octanol–water partition coefficient (Wildman–Crippen LogP) is 1.27. The molecule has 2 N–H and O–H groups in total. The zero-order chi connectivity index (χ0) is 7.11. The van der Waals surface area contributed by atoms with E-state index in [2.05, 4.69) is 19.2 Å². The van der Waals surface area contributed by atoms with E-state index in [0.717, 1.165) is 25.4 Å². The van der Waals surface area contributed by atoms with Gasteiger partial charge in [0.15, 0.2) is 0 Å². The molecule has 0 aliphatic carbocycles. The molecule has 0 unspecified atom stereocenters. The minimum absolute atomic E-state index is 0.718. The Balaban J connectivity index is 2.82. The SMILES string of the molecule is CC(C)CNCCC=N. The Morgan fingerprint density at radius 1 is 1.56 bits per heavy atom. The van der Waals surface area contributed by atoms with Gasteiger partial charge in [0.25, 0.3) is 0 Å². The molecule has 0 aliphatic heterocycles. The van der Waals surface area contributed by atoms with Crippen molar-refractivity contribution in [2.24, 2.45) is 5.92 Å². The molecular formula is C7H16N2. The Kier molecular flexibility index (Phi) is 5.52. The maximum Gasteiger partial charge on any atom is 0.0000601 e. The van der Waals surface area contributed by atoms with E-state index < -0.39 is 0 Å². The standard InChI is InChI=1S/C7H16N2/c1-7(2)6-9-5-3-4-8/h4,7-9H,3,5-6H2,1-2H3. The first-order valence-corrected chi connectivity index (χ1v) is 3.47. The highest BCUT2D eigenvalue weighted by Crippen LogP contribution is 1.85. The molecule has 0 fully saturated rings. The van der Waals surface area contributed by atoms with Gasteiger partial charge in [-0.1, -0.05) is 13.8 Å². The molecule has 2 heteroatoms. The number of hydrogen-bond donors (Lipinski definition) is 2. The quantitative estimate of drug-likeness (QED) is 0.424. The van der Waals surface area contributed by atoms with Crippen molar-refractivity contribution in [1.29, 1.82) is 5.41 Å². The third-order valence-corrected chi connectivity index (χ3v) is 1.02. The lowest BCUT2D eigenvalue weighted by atomic mass is 10.2. The minimum atomic E-state index is 0.718. The van der Waals surface area contributed by atoms with Gasteiger partial charge in [-0.3, -0.25) is 0 Å². The molecule has 0 aromatic carbocycles. The molecule has 0 heterocycles. The Labute approximate surface area is 57.2 Å². The molecule has 0 rings (SSSR count). The lowest BCUT2D eigenvalue weighted by Gasteiger charge is -2.03. The first kappa shape index (κ1) is 8.63. The molecule has 54 valence electrons. The van der Waals surface area contributed by atoms with Crippen molar-refractivity contribution in [3.8, 4) is 0 Å². The second-order valence-corrected chi connectivity index (χ2v) is 2.59. The molecule has 9 heavy (non-hydrogen) atoms. The Morgan fingerprint density at radius 3 is 2.67 bits per heavy atom. The molecule has 0 aliphatic rings. The molecule has 0 bridgehead atoms. The minimum Gasteiger partial charge on any atom is -0.316 e. The van der Waals surface area contributed by atoms with Crippen molar-refractivity contribution < 1.29 is 0 Å². The summed E-state index contributed by atoms with van der Waals surface area (Å²) in [6.07, 6.45) is 2.29. The van der Waals surface area contributed by atoms with Gasteiger partial charge in [-0.15, -0.1) is 0 Å². The van der Waals surface area contributed by atoms with Crippen molar-refractivity contribution in [3.05, 3.63) is 0 Å². The summed E-state index contributed by atoms with van der Waals surface area (Å²) >= 11 is 0. The zero-order valence-corrected chi connectivity index (χ0v) is 6.28. The summed E-state index contributed by atoms with van der Waals surface area (Å²) in [5, 5.41) is 9.96. The molecule has 0 aromatic heterocycles. The molecule has 0 saturated carbocycles. The summed E-state index contributed by atoms with van der Waals surface area (Å²) in [4.78, 5) is 0. The fourth-order valence-corrected chi connectivity index (χ4v) is 0.565. The normalized spacial score (nSPS) is 10.1. The molecule has 0 saturated heterocycles. The van der Waals surface area contributed by atoms with Crippen LogP contribution in [0.5, 0.6) is 0 Å². The predicted molar refractivity (Wildman–Crippen MR) is 41.1 cm³/mol. The largest absolute Gasteiger partial charge is 0.316 e. The average molecular weight is 128 g/mol. The summed E-state index contributed by atoms with van der Waals surface area (Å²) in [6.45, 7) is 6.37. The summed E-state index contributed by atoms with van der Waals surface area (Å²) < 4.78 is 0. The number of hydrogen-bond acceptors (Lipinski definition) is 2. The monoisotopic (exact) mass is 128 g/mol. The van der Waals surface area contributed by atoms with E-state index in [1.807, 2.05) is 0 Å². The van der Waals surface area contributed by atoms with E-state index in [9.17, 15) is 0 Å². The van der Waals surface area contributed by atoms with Gasteiger partial charge in [0, 0.05) is 6.54 Å². The van der Waals surface area contributed by atoms with Crippen LogP contribution >= 0.6 is 0 Å². The van der Waals surface area contributed by atoms with E-state index in [1.54, 1.807) is 0 Å². The number of rotatable bonds is 5. The zero-order valence-electron chi connectivity index (χ0n) is 6.28. The maximum atomic E-state index is 6.72. The van der Waals surface area contributed by atoms with E-state index in [1.165, 1.54) is 6.21 Å². The van der Waals surface area contributed by atoms with Crippen LogP contribution in [0, 0.1) is 11.3 Å². The topological polar surface area (TPSA) is 35.9 Å². The molecule has 0 radical (unpaired) electrons. The first-order chi connectivity index (χ1) is 4.27. The van der Waals surface area contributed by atoms with Gasteiger partial charge < -0.3 is 10.7 Å². The average Bonchev–Trinajstić information content (AvgIpc) is 1.80. The van der Waals surface area contributed by atoms with Gasteiger partial charge in [0.1, 0.15) is 0 Å². The fraction of sp³-hybridized carbons (Fsp3) is 0.857. The lowest BCUT2D eigenvalue weighted by Crippen LogP contribution is -2.20. The Hall–Kier alpha value is -0.370. The van der Waals surface area contributed by atoms with Crippen LogP contribution in [0.3, 0.4) is 0 Å². The molecule has 0 amide bonds. The van der Waals surface area contributed by atoms with Crippen LogP contribution in [0.2, 0.25) is 0 Å². The van der Waals surface area contributed by atoms with Crippen LogP contribution in [0.15, 0.2) is 0 Å². The van der Waals surface area contributed by atoms with E-state index in [4.69, 9.17) is 5.41 Å². The highest BCUT2D eigenvalue weighted by molar-refractivity contribution is 5.52. The Bertz CT molecular complexity index is 69.3. The first-order valence-electron chi connectivity index (χ1n) is 3.47. The molecular weight excluding hydrogens is 112 g/mol. The van der Waals surface area contributed by atoms with Crippen molar-refractivity contribution in [3.63, 3.8) is 0 Å². The highest BCUT2D eigenvalue weighted by atomic mass is 14.8.